The van der Waals surface area contributed by atoms with Gasteiger partial charge in [-0.05, 0) is 50.1 Å². The van der Waals surface area contributed by atoms with E-state index in [-0.39, 0.29) is 5.60 Å². The topological polar surface area (TPSA) is 29.5 Å². The standard InChI is InChI=1S/C15H24O2S/c1-5-18-13-8-6-12(7-9-13)14(16)10-11-15(2,3)17-4/h6-9,14,16H,5,10-11H2,1-4H3. The number of aliphatic hydroxyl groups is 1. The van der Waals surface area contributed by atoms with Gasteiger partial charge in [-0.25, -0.2) is 0 Å². The van der Waals surface area contributed by atoms with E-state index in [4.69, 9.17) is 4.74 Å². The molecule has 0 bridgehead atoms. The lowest BCUT2D eigenvalue weighted by molar-refractivity contribution is 0.00278. The fourth-order valence-electron chi connectivity index (χ4n) is 1.71. The van der Waals surface area contributed by atoms with Crippen molar-refractivity contribution in [2.45, 2.75) is 50.2 Å². The van der Waals surface area contributed by atoms with Gasteiger partial charge in [0.05, 0.1) is 11.7 Å². The van der Waals surface area contributed by atoms with Gasteiger partial charge in [-0.2, -0.15) is 0 Å². The molecule has 0 aliphatic rings. The van der Waals surface area contributed by atoms with Gasteiger partial charge in [0.25, 0.3) is 0 Å². The summed E-state index contributed by atoms with van der Waals surface area (Å²) in [4.78, 5) is 1.26. The summed E-state index contributed by atoms with van der Waals surface area (Å²) in [6.07, 6.45) is 1.16. The summed E-state index contributed by atoms with van der Waals surface area (Å²) in [7, 11) is 1.71. The predicted molar refractivity (Wildman–Crippen MR) is 78.1 cm³/mol. The molecule has 0 heterocycles. The van der Waals surface area contributed by atoms with Crippen molar-refractivity contribution in [3.63, 3.8) is 0 Å². The number of thioether (sulfide) groups is 1. The molecule has 1 rings (SSSR count). The Hall–Kier alpha value is -0.510. The summed E-state index contributed by atoms with van der Waals surface area (Å²) in [6.45, 7) is 6.22. The van der Waals surface area contributed by atoms with E-state index in [0.29, 0.717) is 0 Å². The smallest absolute Gasteiger partial charge is 0.0791 e. The number of hydrogen-bond donors (Lipinski definition) is 1. The van der Waals surface area contributed by atoms with Crippen molar-refractivity contribution in [1.29, 1.82) is 0 Å². The van der Waals surface area contributed by atoms with Crippen molar-refractivity contribution in [1.82, 2.24) is 0 Å². The van der Waals surface area contributed by atoms with Crippen LogP contribution in [0.15, 0.2) is 29.2 Å². The Balaban J connectivity index is 2.53. The molecule has 1 atom stereocenters. The highest BCUT2D eigenvalue weighted by atomic mass is 32.2. The van der Waals surface area contributed by atoms with E-state index in [1.807, 2.05) is 37.7 Å². The van der Waals surface area contributed by atoms with Crippen LogP contribution in [0.25, 0.3) is 0 Å². The highest BCUT2D eigenvalue weighted by Gasteiger charge is 2.18. The molecule has 0 amide bonds. The van der Waals surface area contributed by atoms with Gasteiger partial charge >= 0.3 is 0 Å². The third kappa shape index (κ3) is 5.01. The third-order valence-electron chi connectivity index (χ3n) is 3.15. The second-order valence-electron chi connectivity index (χ2n) is 5.02. The lowest BCUT2D eigenvalue weighted by Gasteiger charge is -2.24. The second-order valence-corrected chi connectivity index (χ2v) is 6.36. The molecule has 1 aromatic carbocycles. The minimum atomic E-state index is -0.403. The van der Waals surface area contributed by atoms with Gasteiger partial charge in [-0.1, -0.05) is 19.1 Å². The molecule has 0 saturated heterocycles. The minimum absolute atomic E-state index is 0.168. The van der Waals surface area contributed by atoms with Gasteiger partial charge in [0.15, 0.2) is 0 Å². The average molecular weight is 268 g/mol. The second kappa shape index (κ2) is 7.17. The van der Waals surface area contributed by atoms with Crippen LogP contribution in [0.3, 0.4) is 0 Å². The maximum Gasteiger partial charge on any atom is 0.0791 e. The molecule has 0 saturated carbocycles. The number of benzene rings is 1. The Morgan fingerprint density at radius 3 is 2.39 bits per heavy atom. The van der Waals surface area contributed by atoms with Crippen molar-refractivity contribution in [3.05, 3.63) is 29.8 Å². The summed E-state index contributed by atoms with van der Waals surface area (Å²) < 4.78 is 5.36. The average Bonchev–Trinajstić information content (AvgIpc) is 2.37. The number of rotatable bonds is 7. The molecule has 1 N–H and O–H groups in total. The van der Waals surface area contributed by atoms with Gasteiger partial charge in [-0.15, -0.1) is 11.8 Å². The highest BCUT2D eigenvalue weighted by Crippen LogP contribution is 2.26. The van der Waals surface area contributed by atoms with Crippen LogP contribution in [-0.4, -0.2) is 23.6 Å². The van der Waals surface area contributed by atoms with Crippen LogP contribution in [0, 0.1) is 0 Å². The largest absolute Gasteiger partial charge is 0.388 e. The van der Waals surface area contributed by atoms with Crippen LogP contribution in [0.2, 0.25) is 0 Å². The molecule has 0 radical (unpaired) electrons. The minimum Gasteiger partial charge on any atom is -0.388 e. The Morgan fingerprint density at radius 1 is 1.28 bits per heavy atom. The molecule has 2 nitrogen and oxygen atoms in total. The lowest BCUT2D eigenvalue weighted by Crippen LogP contribution is -2.23. The van der Waals surface area contributed by atoms with E-state index < -0.39 is 6.10 Å². The SMILES string of the molecule is CCSc1ccc(C(O)CCC(C)(C)OC)cc1. The maximum absolute atomic E-state index is 10.1. The first-order chi connectivity index (χ1) is 8.48. The predicted octanol–water partition coefficient (Wildman–Crippen LogP) is 4.04. The normalized spacial score (nSPS) is 13.6. The zero-order chi connectivity index (χ0) is 13.6. The van der Waals surface area contributed by atoms with Crippen LogP contribution in [-0.2, 0) is 4.74 Å². The molecule has 0 spiro atoms. The molecule has 0 aliphatic carbocycles. The number of ether oxygens (including phenoxy) is 1. The molecule has 0 aromatic heterocycles. The summed E-state index contributed by atoms with van der Waals surface area (Å²) in [5, 5.41) is 10.1. The summed E-state index contributed by atoms with van der Waals surface area (Å²) in [6, 6.07) is 8.19. The first kappa shape index (κ1) is 15.5. The van der Waals surface area contributed by atoms with Crippen molar-refractivity contribution in [2.75, 3.05) is 12.9 Å². The quantitative estimate of drug-likeness (QED) is 0.757. The molecule has 102 valence electrons. The molecule has 1 aromatic rings. The summed E-state index contributed by atoms with van der Waals surface area (Å²) in [5.74, 6) is 1.07. The van der Waals surface area contributed by atoms with Crippen LogP contribution in [0.4, 0.5) is 0 Å². The van der Waals surface area contributed by atoms with Crippen LogP contribution < -0.4 is 0 Å². The molecular formula is C15H24O2S. The number of methoxy groups -OCH3 is 1. The fraction of sp³-hybridized carbons (Fsp3) is 0.600. The molecule has 0 aliphatic heterocycles. The molecule has 3 heteroatoms. The van der Waals surface area contributed by atoms with Crippen molar-refractivity contribution < 1.29 is 9.84 Å². The van der Waals surface area contributed by atoms with E-state index in [0.717, 1.165) is 24.2 Å². The van der Waals surface area contributed by atoms with E-state index in [9.17, 15) is 5.11 Å². The van der Waals surface area contributed by atoms with Gasteiger partial charge in [0.2, 0.25) is 0 Å². The van der Waals surface area contributed by atoms with Gasteiger partial charge in [0.1, 0.15) is 0 Å². The maximum atomic E-state index is 10.1. The van der Waals surface area contributed by atoms with E-state index in [1.165, 1.54) is 4.90 Å². The monoisotopic (exact) mass is 268 g/mol. The fourth-order valence-corrected chi connectivity index (χ4v) is 2.37. The van der Waals surface area contributed by atoms with Gasteiger partial charge in [-0.3, -0.25) is 0 Å². The lowest BCUT2D eigenvalue weighted by atomic mass is 9.97. The van der Waals surface area contributed by atoms with Crippen molar-refractivity contribution in [3.8, 4) is 0 Å². The Bertz CT molecular complexity index is 346. The van der Waals surface area contributed by atoms with Crippen molar-refractivity contribution in [2.24, 2.45) is 0 Å². The molecule has 0 fully saturated rings. The highest BCUT2D eigenvalue weighted by molar-refractivity contribution is 7.99. The molecule has 1 unspecified atom stereocenters. The zero-order valence-electron chi connectivity index (χ0n) is 11.8. The zero-order valence-corrected chi connectivity index (χ0v) is 12.6. The first-order valence-corrected chi connectivity index (χ1v) is 7.43. The van der Waals surface area contributed by atoms with Crippen LogP contribution in [0.5, 0.6) is 0 Å². The number of aliphatic hydroxyl groups excluding tert-OH is 1. The van der Waals surface area contributed by atoms with E-state index >= 15 is 0 Å². The van der Waals surface area contributed by atoms with E-state index in [1.54, 1.807) is 7.11 Å². The van der Waals surface area contributed by atoms with Gasteiger partial charge < -0.3 is 9.84 Å². The summed E-state index contributed by atoms with van der Waals surface area (Å²) in [5.41, 5.74) is 0.821. The summed E-state index contributed by atoms with van der Waals surface area (Å²) >= 11 is 1.82. The molecular weight excluding hydrogens is 244 g/mol. The Labute approximate surface area is 115 Å². The van der Waals surface area contributed by atoms with Crippen LogP contribution in [0.1, 0.15) is 45.3 Å². The Kier molecular flexibility index (Phi) is 6.19. The van der Waals surface area contributed by atoms with Crippen LogP contribution >= 0.6 is 11.8 Å². The van der Waals surface area contributed by atoms with E-state index in [2.05, 4.69) is 19.1 Å². The first-order valence-electron chi connectivity index (χ1n) is 6.44. The number of hydrogen-bond acceptors (Lipinski definition) is 3. The Morgan fingerprint density at radius 2 is 1.89 bits per heavy atom. The molecule has 18 heavy (non-hydrogen) atoms. The third-order valence-corrected chi connectivity index (χ3v) is 4.04. The van der Waals surface area contributed by atoms with Gasteiger partial charge in [0, 0.05) is 12.0 Å². The van der Waals surface area contributed by atoms with Crippen molar-refractivity contribution >= 4 is 11.8 Å².